The number of nitrogens with one attached hydrogen (secondary N) is 1. The second kappa shape index (κ2) is 6.60. The summed E-state index contributed by atoms with van der Waals surface area (Å²) in [5.41, 5.74) is 0.350. The lowest BCUT2D eigenvalue weighted by Crippen LogP contribution is -2.31. The molecule has 0 aliphatic carbocycles. The number of aliphatic hydroxyl groups excluding tert-OH is 1. The zero-order valence-corrected chi connectivity index (χ0v) is 13.9. The largest absolute Gasteiger partial charge is 0.444 e. The molecule has 4 nitrogen and oxygen atoms in total. The Kier molecular flexibility index (Phi) is 5.03. The summed E-state index contributed by atoms with van der Waals surface area (Å²) < 4.78 is 5.18. The molecule has 1 atom stereocenters. The molecule has 21 heavy (non-hydrogen) atoms. The van der Waals surface area contributed by atoms with Crippen LogP contribution in [0.15, 0.2) is 29.0 Å². The molecule has 1 unspecified atom stereocenters. The summed E-state index contributed by atoms with van der Waals surface area (Å²) in [4.78, 5) is 13.5. The van der Waals surface area contributed by atoms with Crippen LogP contribution in [0, 0.1) is 0 Å². The smallest absolute Gasteiger partial charge is 0.407 e. The normalized spacial score (nSPS) is 13.0. The van der Waals surface area contributed by atoms with Crippen molar-refractivity contribution in [3.63, 3.8) is 0 Å². The van der Waals surface area contributed by atoms with Gasteiger partial charge in [0.15, 0.2) is 0 Å². The van der Waals surface area contributed by atoms with Gasteiger partial charge in [-0.15, -0.1) is 22.7 Å². The van der Waals surface area contributed by atoms with Crippen LogP contribution in [0.25, 0.3) is 0 Å². The van der Waals surface area contributed by atoms with Gasteiger partial charge in [0.05, 0.1) is 6.54 Å². The summed E-state index contributed by atoms with van der Waals surface area (Å²) in [6.07, 6.45) is -1.03. The van der Waals surface area contributed by atoms with Gasteiger partial charge >= 0.3 is 6.09 Å². The first-order chi connectivity index (χ1) is 9.85. The highest BCUT2D eigenvalue weighted by Gasteiger charge is 2.17. The van der Waals surface area contributed by atoms with E-state index < -0.39 is 17.8 Å². The number of ether oxygens (including phenoxy) is 1. The highest BCUT2D eigenvalue weighted by atomic mass is 32.1. The molecule has 114 valence electrons. The van der Waals surface area contributed by atoms with Crippen molar-refractivity contribution < 1.29 is 14.6 Å². The molecule has 0 spiro atoms. The number of thiophene rings is 2. The first-order valence-corrected chi connectivity index (χ1v) is 8.37. The SMILES string of the molecule is CC(C)(C)OC(=O)NCc1cc(C(O)c2cccs2)cs1. The first kappa shape index (κ1) is 16.0. The van der Waals surface area contributed by atoms with Gasteiger partial charge in [-0.25, -0.2) is 4.79 Å². The molecule has 0 aromatic carbocycles. The number of rotatable bonds is 4. The molecule has 0 bridgehead atoms. The lowest BCUT2D eigenvalue weighted by atomic mass is 10.1. The van der Waals surface area contributed by atoms with E-state index in [4.69, 9.17) is 4.74 Å². The van der Waals surface area contributed by atoms with E-state index >= 15 is 0 Å². The number of carbonyl (C=O) groups excluding carboxylic acids is 1. The van der Waals surface area contributed by atoms with Crippen molar-refractivity contribution in [2.24, 2.45) is 0 Å². The number of hydrogen-bond acceptors (Lipinski definition) is 5. The minimum Gasteiger partial charge on any atom is -0.444 e. The number of alkyl carbamates (subject to hydrolysis) is 1. The van der Waals surface area contributed by atoms with E-state index in [2.05, 4.69) is 5.32 Å². The fourth-order valence-electron chi connectivity index (χ4n) is 1.72. The molecule has 0 aliphatic rings. The minimum atomic E-state index is -0.600. The van der Waals surface area contributed by atoms with Crippen LogP contribution >= 0.6 is 22.7 Å². The van der Waals surface area contributed by atoms with E-state index in [1.54, 1.807) is 0 Å². The zero-order valence-electron chi connectivity index (χ0n) is 12.3. The van der Waals surface area contributed by atoms with Crippen LogP contribution in [-0.2, 0) is 11.3 Å². The van der Waals surface area contributed by atoms with E-state index in [0.717, 1.165) is 15.3 Å². The average Bonchev–Trinajstić information content (AvgIpc) is 3.05. The van der Waals surface area contributed by atoms with Crippen molar-refractivity contribution >= 4 is 28.8 Å². The second-order valence-electron chi connectivity index (χ2n) is 5.62. The molecular formula is C15H19NO3S2. The van der Waals surface area contributed by atoms with E-state index in [-0.39, 0.29) is 0 Å². The topological polar surface area (TPSA) is 58.6 Å². The minimum absolute atomic E-state index is 0.400. The van der Waals surface area contributed by atoms with Crippen LogP contribution in [0.1, 0.15) is 42.2 Å². The zero-order chi connectivity index (χ0) is 15.5. The first-order valence-electron chi connectivity index (χ1n) is 6.61. The summed E-state index contributed by atoms with van der Waals surface area (Å²) in [6, 6.07) is 5.73. The third-order valence-electron chi connectivity index (χ3n) is 2.61. The van der Waals surface area contributed by atoms with Gasteiger partial charge < -0.3 is 15.2 Å². The maximum Gasteiger partial charge on any atom is 0.407 e. The molecule has 2 heterocycles. The van der Waals surface area contributed by atoms with Crippen molar-refractivity contribution in [3.05, 3.63) is 44.3 Å². The Hall–Kier alpha value is -1.37. The molecule has 0 radical (unpaired) electrons. The predicted octanol–water partition coefficient (Wildman–Crippen LogP) is 3.92. The van der Waals surface area contributed by atoms with Crippen LogP contribution in [0.4, 0.5) is 4.79 Å². The summed E-state index contributed by atoms with van der Waals surface area (Å²) in [6.45, 7) is 5.88. The Morgan fingerprint density at radius 1 is 1.43 bits per heavy atom. The molecule has 6 heteroatoms. The van der Waals surface area contributed by atoms with E-state index in [9.17, 15) is 9.90 Å². The Bertz CT molecular complexity index is 584. The third-order valence-corrected chi connectivity index (χ3v) is 4.49. The van der Waals surface area contributed by atoms with Crippen LogP contribution < -0.4 is 5.32 Å². The van der Waals surface area contributed by atoms with Gasteiger partial charge in [0.2, 0.25) is 0 Å². The molecule has 0 saturated heterocycles. The molecular weight excluding hydrogens is 306 g/mol. The van der Waals surface area contributed by atoms with Crippen molar-refractivity contribution in [2.45, 2.75) is 39.0 Å². The molecule has 0 saturated carbocycles. The number of amides is 1. The van der Waals surface area contributed by atoms with Crippen molar-refractivity contribution in [1.29, 1.82) is 0 Å². The van der Waals surface area contributed by atoms with E-state index in [1.165, 1.54) is 22.7 Å². The Labute approximate surface area is 132 Å². The molecule has 2 N–H and O–H groups in total. The van der Waals surface area contributed by atoms with Gasteiger partial charge in [0, 0.05) is 9.75 Å². The van der Waals surface area contributed by atoms with Gasteiger partial charge in [-0.1, -0.05) is 6.07 Å². The highest BCUT2D eigenvalue weighted by Crippen LogP contribution is 2.29. The Balaban J connectivity index is 1.90. The monoisotopic (exact) mass is 325 g/mol. The number of hydrogen-bond donors (Lipinski definition) is 2. The Morgan fingerprint density at radius 2 is 2.19 bits per heavy atom. The summed E-state index contributed by atoms with van der Waals surface area (Å²) in [7, 11) is 0. The second-order valence-corrected chi connectivity index (χ2v) is 7.59. The predicted molar refractivity (Wildman–Crippen MR) is 85.8 cm³/mol. The summed E-state index contributed by atoms with van der Waals surface area (Å²) in [5, 5.41) is 16.8. The highest BCUT2D eigenvalue weighted by molar-refractivity contribution is 7.10. The van der Waals surface area contributed by atoms with Gasteiger partial charge in [-0.05, 0) is 49.2 Å². The fraction of sp³-hybridized carbons (Fsp3) is 0.400. The van der Waals surface area contributed by atoms with Crippen molar-refractivity contribution in [1.82, 2.24) is 5.32 Å². The van der Waals surface area contributed by atoms with Crippen LogP contribution in [-0.4, -0.2) is 16.8 Å². The maximum atomic E-state index is 11.6. The third kappa shape index (κ3) is 4.84. The molecule has 2 rings (SSSR count). The lowest BCUT2D eigenvalue weighted by Gasteiger charge is -2.19. The van der Waals surface area contributed by atoms with Gasteiger partial charge in [-0.3, -0.25) is 0 Å². The van der Waals surface area contributed by atoms with E-state index in [1.807, 2.05) is 49.7 Å². The molecule has 0 fully saturated rings. The van der Waals surface area contributed by atoms with Gasteiger partial charge in [0.25, 0.3) is 0 Å². The number of carbonyl (C=O) groups is 1. The standard InChI is InChI=1S/C15H19NO3S2/c1-15(2,3)19-14(18)16-8-11-7-10(9-21-11)13(17)12-5-4-6-20-12/h4-7,9,13,17H,8H2,1-3H3,(H,16,18). The average molecular weight is 325 g/mol. The van der Waals surface area contributed by atoms with Crippen molar-refractivity contribution in [2.75, 3.05) is 0 Å². The molecule has 1 amide bonds. The molecule has 0 aliphatic heterocycles. The summed E-state index contributed by atoms with van der Waals surface area (Å²) in [5.74, 6) is 0. The number of aliphatic hydroxyl groups is 1. The Morgan fingerprint density at radius 3 is 2.81 bits per heavy atom. The summed E-state index contributed by atoms with van der Waals surface area (Å²) >= 11 is 3.03. The van der Waals surface area contributed by atoms with Gasteiger partial charge in [-0.2, -0.15) is 0 Å². The van der Waals surface area contributed by atoms with Crippen LogP contribution in [0.3, 0.4) is 0 Å². The molecule has 2 aromatic rings. The van der Waals surface area contributed by atoms with Crippen LogP contribution in [0.5, 0.6) is 0 Å². The maximum absolute atomic E-state index is 11.6. The molecule has 2 aromatic heterocycles. The quantitative estimate of drug-likeness (QED) is 0.896. The lowest BCUT2D eigenvalue weighted by molar-refractivity contribution is 0.0524. The fourth-order valence-corrected chi connectivity index (χ4v) is 3.30. The van der Waals surface area contributed by atoms with Gasteiger partial charge in [0.1, 0.15) is 11.7 Å². The van der Waals surface area contributed by atoms with Crippen molar-refractivity contribution in [3.8, 4) is 0 Å². The van der Waals surface area contributed by atoms with Crippen LogP contribution in [0.2, 0.25) is 0 Å². The van der Waals surface area contributed by atoms with E-state index in [0.29, 0.717) is 6.54 Å².